The van der Waals surface area contributed by atoms with Crippen molar-refractivity contribution in [2.75, 3.05) is 20.8 Å². The minimum Gasteiger partial charge on any atom is -0.497 e. The molecular weight excluding hydrogens is 383 g/mol. The summed E-state index contributed by atoms with van der Waals surface area (Å²) in [5.41, 5.74) is 1.78. The Morgan fingerprint density at radius 1 is 1.00 bits per heavy atom. The molecule has 2 aliphatic rings. The number of aromatic nitrogens is 2. The number of hydrogen-bond acceptors (Lipinski definition) is 6. The summed E-state index contributed by atoms with van der Waals surface area (Å²) in [7, 11) is 2.71. The van der Waals surface area contributed by atoms with Crippen LogP contribution in [0.4, 0.5) is 0 Å². The molecule has 2 fully saturated rings. The molecule has 2 aromatic rings. The van der Waals surface area contributed by atoms with Gasteiger partial charge in [-0.2, -0.15) is 5.10 Å². The molecule has 0 N–H and O–H groups in total. The summed E-state index contributed by atoms with van der Waals surface area (Å²) >= 11 is 0. The topological polar surface area (TPSA) is 64.0 Å². The first-order valence-electron chi connectivity index (χ1n) is 10.5. The van der Waals surface area contributed by atoms with Crippen LogP contribution in [0.25, 0.3) is 11.1 Å². The van der Waals surface area contributed by atoms with Gasteiger partial charge in [0.05, 0.1) is 37.1 Å². The van der Waals surface area contributed by atoms with Crippen LogP contribution in [0.3, 0.4) is 0 Å². The van der Waals surface area contributed by atoms with Gasteiger partial charge in [-0.25, -0.2) is 4.68 Å². The molecule has 0 aliphatic carbocycles. The number of benzene rings is 1. The fraction of sp³-hybridized carbons (Fsp3) is 0.591. The van der Waals surface area contributed by atoms with E-state index in [1.807, 2.05) is 56.9 Å². The number of hydrogen-bond donors (Lipinski definition) is 0. The molecule has 1 aromatic heterocycles. The SMILES string of the molecule is COc1cc(-c2cnn(C3CCCCO3)c2)cc(OC)c1B1OC(C)(C)C(C)(C)O1. The van der Waals surface area contributed by atoms with E-state index in [2.05, 4.69) is 5.10 Å². The molecular formula is C22H31BN2O5. The standard InChI is InChI=1S/C22H31BN2O5/c1-21(2)22(3,4)30-23(29-21)20-17(26-5)11-15(12-18(20)27-6)16-13-24-25(14-16)19-9-7-8-10-28-19/h11-14,19H,7-10H2,1-6H3. The van der Waals surface area contributed by atoms with Crippen molar-refractivity contribution < 1.29 is 23.5 Å². The first-order chi connectivity index (χ1) is 14.3. The van der Waals surface area contributed by atoms with Gasteiger partial charge >= 0.3 is 7.12 Å². The van der Waals surface area contributed by atoms with E-state index in [1.165, 1.54) is 0 Å². The average molecular weight is 414 g/mol. The normalized spacial score (nSPS) is 22.9. The fourth-order valence-electron chi connectivity index (χ4n) is 3.88. The minimum atomic E-state index is -0.577. The molecule has 7 nitrogen and oxygen atoms in total. The number of rotatable bonds is 5. The van der Waals surface area contributed by atoms with Crippen molar-refractivity contribution in [3.63, 3.8) is 0 Å². The minimum absolute atomic E-state index is 0.000293. The lowest BCUT2D eigenvalue weighted by Crippen LogP contribution is -2.41. The van der Waals surface area contributed by atoms with E-state index in [1.54, 1.807) is 14.2 Å². The smallest absolute Gasteiger partial charge is 0.497 e. The van der Waals surface area contributed by atoms with Gasteiger partial charge < -0.3 is 23.5 Å². The van der Waals surface area contributed by atoms with E-state index in [0.717, 1.165) is 42.5 Å². The molecule has 4 rings (SSSR count). The van der Waals surface area contributed by atoms with Crippen molar-refractivity contribution in [1.29, 1.82) is 0 Å². The van der Waals surface area contributed by atoms with Gasteiger partial charge in [-0.1, -0.05) is 0 Å². The average Bonchev–Trinajstić information content (AvgIpc) is 3.30. The third-order valence-electron chi connectivity index (χ3n) is 6.42. The van der Waals surface area contributed by atoms with Crippen molar-refractivity contribution >= 4 is 12.6 Å². The summed E-state index contributed by atoms with van der Waals surface area (Å²) < 4.78 is 31.7. The Bertz CT molecular complexity index is 864. The zero-order valence-electron chi connectivity index (χ0n) is 18.7. The predicted octanol–water partition coefficient (Wildman–Crippen LogP) is 3.57. The van der Waals surface area contributed by atoms with Crippen LogP contribution in [0.15, 0.2) is 24.5 Å². The molecule has 0 radical (unpaired) electrons. The van der Waals surface area contributed by atoms with Crippen molar-refractivity contribution in [2.45, 2.75) is 64.4 Å². The summed E-state index contributed by atoms with van der Waals surface area (Å²) in [4.78, 5) is 0. The molecule has 0 bridgehead atoms. The second kappa shape index (κ2) is 7.91. The lowest BCUT2D eigenvalue weighted by Gasteiger charge is -2.32. The van der Waals surface area contributed by atoms with E-state index in [4.69, 9.17) is 23.5 Å². The molecule has 3 heterocycles. The van der Waals surface area contributed by atoms with Gasteiger partial charge in [-0.3, -0.25) is 0 Å². The zero-order chi connectivity index (χ0) is 21.5. The summed E-state index contributed by atoms with van der Waals surface area (Å²) in [5.74, 6) is 1.31. The third kappa shape index (κ3) is 3.72. The van der Waals surface area contributed by atoms with E-state index in [-0.39, 0.29) is 6.23 Å². The second-order valence-electron chi connectivity index (χ2n) is 8.91. The maximum atomic E-state index is 6.25. The van der Waals surface area contributed by atoms with Crippen molar-refractivity contribution in [1.82, 2.24) is 9.78 Å². The number of nitrogens with zero attached hydrogens (tertiary/aromatic N) is 2. The van der Waals surface area contributed by atoms with E-state index in [9.17, 15) is 0 Å². The highest BCUT2D eigenvalue weighted by molar-refractivity contribution is 6.64. The first-order valence-corrected chi connectivity index (χ1v) is 10.5. The van der Waals surface area contributed by atoms with Crippen molar-refractivity contribution in [2.24, 2.45) is 0 Å². The Balaban J connectivity index is 1.68. The Kier molecular flexibility index (Phi) is 5.59. The van der Waals surface area contributed by atoms with Crippen LogP contribution in [0.2, 0.25) is 0 Å². The molecule has 30 heavy (non-hydrogen) atoms. The van der Waals surface area contributed by atoms with Crippen LogP contribution in [0.1, 0.15) is 53.2 Å². The van der Waals surface area contributed by atoms with Crippen LogP contribution < -0.4 is 14.9 Å². The first kappa shape index (κ1) is 21.2. The Morgan fingerprint density at radius 2 is 1.63 bits per heavy atom. The Hall–Kier alpha value is -2.03. The summed E-state index contributed by atoms with van der Waals surface area (Å²) in [6, 6.07) is 3.96. The van der Waals surface area contributed by atoms with E-state index >= 15 is 0 Å². The summed E-state index contributed by atoms with van der Waals surface area (Å²) in [6.45, 7) is 8.90. The van der Waals surface area contributed by atoms with E-state index < -0.39 is 18.3 Å². The van der Waals surface area contributed by atoms with Crippen molar-refractivity contribution in [3.05, 3.63) is 24.5 Å². The highest BCUT2D eigenvalue weighted by atomic mass is 16.7. The summed E-state index contributed by atoms with van der Waals surface area (Å²) in [5, 5.41) is 4.53. The van der Waals surface area contributed by atoms with Crippen LogP contribution in [-0.4, -0.2) is 48.9 Å². The van der Waals surface area contributed by atoms with Crippen LogP contribution in [0, 0.1) is 0 Å². The van der Waals surface area contributed by atoms with Gasteiger partial charge in [-0.15, -0.1) is 0 Å². The zero-order valence-corrected chi connectivity index (χ0v) is 18.7. The monoisotopic (exact) mass is 414 g/mol. The molecule has 1 unspecified atom stereocenters. The van der Waals surface area contributed by atoms with Crippen LogP contribution >= 0.6 is 0 Å². The molecule has 0 saturated carbocycles. The molecule has 2 saturated heterocycles. The predicted molar refractivity (Wildman–Crippen MR) is 115 cm³/mol. The molecule has 0 amide bonds. The third-order valence-corrected chi connectivity index (χ3v) is 6.42. The van der Waals surface area contributed by atoms with Crippen LogP contribution in [0.5, 0.6) is 11.5 Å². The molecule has 1 atom stereocenters. The second-order valence-corrected chi connectivity index (χ2v) is 8.91. The van der Waals surface area contributed by atoms with Crippen molar-refractivity contribution in [3.8, 4) is 22.6 Å². The van der Waals surface area contributed by atoms with Gasteiger partial charge in [0.2, 0.25) is 0 Å². The summed E-state index contributed by atoms with van der Waals surface area (Å²) in [6.07, 6.45) is 7.11. The van der Waals surface area contributed by atoms with Gasteiger partial charge in [0.1, 0.15) is 17.7 Å². The fourth-order valence-corrected chi connectivity index (χ4v) is 3.88. The van der Waals surface area contributed by atoms with Gasteiger partial charge in [-0.05, 0) is 64.7 Å². The Labute approximate surface area is 178 Å². The maximum absolute atomic E-state index is 6.25. The quantitative estimate of drug-likeness (QED) is 0.698. The van der Waals surface area contributed by atoms with Gasteiger partial charge in [0.15, 0.2) is 0 Å². The molecule has 1 aromatic carbocycles. The molecule has 2 aliphatic heterocycles. The lowest BCUT2D eigenvalue weighted by molar-refractivity contribution is -0.0394. The largest absolute Gasteiger partial charge is 0.502 e. The highest BCUT2D eigenvalue weighted by Crippen LogP contribution is 2.39. The van der Waals surface area contributed by atoms with Gasteiger partial charge in [0, 0.05) is 18.4 Å². The highest BCUT2D eigenvalue weighted by Gasteiger charge is 2.53. The maximum Gasteiger partial charge on any atom is 0.502 e. The Morgan fingerprint density at radius 3 is 2.17 bits per heavy atom. The number of ether oxygens (including phenoxy) is 3. The number of methoxy groups -OCH3 is 2. The molecule has 162 valence electrons. The van der Waals surface area contributed by atoms with Gasteiger partial charge in [0.25, 0.3) is 0 Å². The van der Waals surface area contributed by atoms with E-state index in [0.29, 0.717) is 11.5 Å². The molecule has 8 heteroatoms. The molecule has 0 spiro atoms. The lowest BCUT2D eigenvalue weighted by atomic mass is 9.76. The van der Waals surface area contributed by atoms with Crippen LogP contribution in [-0.2, 0) is 14.0 Å².